The first-order valence-corrected chi connectivity index (χ1v) is 7.04. The molecule has 2 N–H and O–H groups in total. The summed E-state index contributed by atoms with van der Waals surface area (Å²) in [4.78, 5) is 23.0. The number of aliphatic carboxylic acids is 1. The molecule has 1 atom stereocenters. The predicted molar refractivity (Wildman–Crippen MR) is 80.7 cm³/mol. The zero-order valence-corrected chi connectivity index (χ0v) is 13.1. The first-order valence-electron chi connectivity index (χ1n) is 6.67. The van der Waals surface area contributed by atoms with Gasteiger partial charge in [0.2, 0.25) is 5.91 Å². The normalized spacial score (nSPS) is 12.0. The Bertz CT molecular complexity index is 516. The topological polar surface area (TPSA) is 75.6 Å². The van der Waals surface area contributed by atoms with Crippen LogP contribution in [0.2, 0.25) is 5.02 Å². The summed E-state index contributed by atoms with van der Waals surface area (Å²) < 4.78 is 5.17. The van der Waals surface area contributed by atoms with E-state index in [-0.39, 0.29) is 24.8 Å². The molecule has 1 amide bonds. The number of hydrogen-bond donors (Lipinski definition) is 2. The van der Waals surface area contributed by atoms with Crippen molar-refractivity contribution in [2.24, 2.45) is 11.8 Å². The summed E-state index contributed by atoms with van der Waals surface area (Å²) in [5, 5.41) is 12.2. The third-order valence-electron chi connectivity index (χ3n) is 3.23. The van der Waals surface area contributed by atoms with Crippen LogP contribution < -0.4 is 10.1 Å². The van der Waals surface area contributed by atoms with Crippen molar-refractivity contribution in [1.82, 2.24) is 5.32 Å². The first-order chi connectivity index (χ1) is 9.85. The standard InChI is InChI=1S/C15H20ClNO4/c1-9(2)12(15(19)20)8-17-14(18)7-10-6-11(16)4-5-13(10)21-3/h4-6,9,12H,7-8H2,1-3H3,(H,17,18)(H,19,20). The van der Waals surface area contributed by atoms with Gasteiger partial charge in [-0.1, -0.05) is 25.4 Å². The summed E-state index contributed by atoms with van der Waals surface area (Å²) in [7, 11) is 1.52. The van der Waals surface area contributed by atoms with Gasteiger partial charge in [0.15, 0.2) is 0 Å². The lowest BCUT2D eigenvalue weighted by Crippen LogP contribution is -2.36. The van der Waals surface area contributed by atoms with Crippen LogP contribution in [0.4, 0.5) is 0 Å². The Hall–Kier alpha value is -1.75. The van der Waals surface area contributed by atoms with Crippen molar-refractivity contribution >= 4 is 23.5 Å². The Morgan fingerprint density at radius 1 is 1.38 bits per heavy atom. The predicted octanol–water partition coefficient (Wildman–Crippen LogP) is 2.36. The molecule has 1 aromatic rings. The van der Waals surface area contributed by atoms with Crippen molar-refractivity contribution in [2.75, 3.05) is 13.7 Å². The number of carboxylic acids is 1. The fourth-order valence-corrected chi connectivity index (χ4v) is 2.15. The lowest BCUT2D eigenvalue weighted by Gasteiger charge is -2.17. The maximum absolute atomic E-state index is 11.9. The molecule has 0 saturated carbocycles. The number of hydrogen-bond acceptors (Lipinski definition) is 3. The van der Waals surface area contributed by atoms with Crippen molar-refractivity contribution in [2.45, 2.75) is 20.3 Å². The second kappa shape index (κ2) is 7.88. The SMILES string of the molecule is COc1ccc(Cl)cc1CC(=O)NCC(C(=O)O)C(C)C. The number of rotatable bonds is 7. The molecule has 0 aliphatic carbocycles. The van der Waals surface area contributed by atoms with E-state index >= 15 is 0 Å². The average molecular weight is 314 g/mol. The van der Waals surface area contributed by atoms with Crippen molar-refractivity contribution in [3.8, 4) is 5.75 Å². The van der Waals surface area contributed by atoms with Gasteiger partial charge >= 0.3 is 5.97 Å². The summed E-state index contributed by atoms with van der Waals surface area (Å²) >= 11 is 5.90. The van der Waals surface area contributed by atoms with Crippen LogP contribution in [0, 0.1) is 11.8 Å². The molecule has 0 aliphatic heterocycles. The van der Waals surface area contributed by atoms with Crippen LogP contribution in [-0.4, -0.2) is 30.6 Å². The van der Waals surface area contributed by atoms with Crippen molar-refractivity contribution < 1.29 is 19.4 Å². The highest BCUT2D eigenvalue weighted by Gasteiger charge is 2.22. The van der Waals surface area contributed by atoms with Gasteiger partial charge < -0.3 is 15.2 Å². The minimum Gasteiger partial charge on any atom is -0.496 e. The molecule has 0 heterocycles. The summed E-state index contributed by atoms with van der Waals surface area (Å²) in [5.74, 6) is -1.25. The molecule has 116 valence electrons. The van der Waals surface area contributed by atoms with E-state index in [1.165, 1.54) is 7.11 Å². The maximum atomic E-state index is 11.9. The van der Waals surface area contributed by atoms with Gasteiger partial charge in [-0.15, -0.1) is 0 Å². The molecule has 0 saturated heterocycles. The molecule has 6 heteroatoms. The Kier molecular flexibility index (Phi) is 6.49. The van der Waals surface area contributed by atoms with Crippen LogP contribution in [0.15, 0.2) is 18.2 Å². The second-order valence-electron chi connectivity index (χ2n) is 5.13. The molecule has 0 spiro atoms. The first kappa shape index (κ1) is 17.3. The number of amides is 1. The Balaban J connectivity index is 2.66. The van der Waals surface area contributed by atoms with Gasteiger partial charge in [-0.3, -0.25) is 9.59 Å². The highest BCUT2D eigenvalue weighted by molar-refractivity contribution is 6.30. The average Bonchev–Trinajstić information content (AvgIpc) is 2.38. The summed E-state index contributed by atoms with van der Waals surface area (Å²) in [6.45, 7) is 3.73. The third-order valence-corrected chi connectivity index (χ3v) is 3.47. The largest absolute Gasteiger partial charge is 0.496 e. The van der Waals surface area contributed by atoms with Gasteiger partial charge in [0.05, 0.1) is 19.4 Å². The molecule has 1 rings (SSSR count). The quantitative estimate of drug-likeness (QED) is 0.810. The number of halogens is 1. The Labute approximate surface area is 129 Å². The number of carbonyl (C=O) groups is 2. The molecule has 0 aromatic heterocycles. The molecule has 0 aliphatic rings. The highest BCUT2D eigenvalue weighted by atomic mass is 35.5. The molecule has 21 heavy (non-hydrogen) atoms. The van der Waals surface area contributed by atoms with E-state index in [2.05, 4.69) is 5.32 Å². The summed E-state index contributed by atoms with van der Waals surface area (Å²) in [6, 6.07) is 5.04. The van der Waals surface area contributed by atoms with E-state index in [0.29, 0.717) is 16.3 Å². The lowest BCUT2D eigenvalue weighted by atomic mass is 9.96. The second-order valence-corrected chi connectivity index (χ2v) is 5.56. The van der Waals surface area contributed by atoms with Crippen molar-refractivity contribution in [3.63, 3.8) is 0 Å². The lowest BCUT2D eigenvalue weighted by molar-refractivity contribution is -0.143. The van der Waals surface area contributed by atoms with Crippen molar-refractivity contribution in [1.29, 1.82) is 0 Å². The number of carbonyl (C=O) groups excluding carboxylic acids is 1. The number of ether oxygens (including phenoxy) is 1. The van der Waals surface area contributed by atoms with E-state index in [1.54, 1.807) is 18.2 Å². The van der Waals surface area contributed by atoms with Crippen LogP contribution in [0.25, 0.3) is 0 Å². The smallest absolute Gasteiger partial charge is 0.308 e. The zero-order chi connectivity index (χ0) is 16.0. The monoisotopic (exact) mass is 313 g/mol. The summed E-state index contributed by atoms with van der Waals surface area (Å²) in [5.41, 5.74) is 0.666. The van der Waals surface area contributed by atoms with E-state index in [9.17, 15) is 9.59 Å². The van der Waals surface area contributed by atoms with Gasteiger partial charge in [-0.2, -0.15) is 0 Å². The number of nitrogens with one attached hydrogen (secondary N) is 1. The van der Waals surface area contributed by atoms with Crippen LogP contribution in [0.5, 0.6) is 5.75 Å². The molecule has 1 unspecified atom stereocenters. The number of benzene rings is 1. The van der Waals surface area contributed by atoms with E-state index < -0.39 is 11.9 Å². The molecular weight excluding hydrogens is 294 g/mol. The highest BCUT2D eigenvalue weighted by Crippen LogP contribution is 2.23. The third kappa shape index (κ3) is 5.27. The molecule has 5 nitrogen and oxygen atoms in total. The van der Waals surface area contributed by atoms with Gasteiger partial charge in [0.25, 0.3) is 0 Å². The molecular formula is C15H20ClNO4. The van der Waals surface area contributed by atoms with Gasteiger partial charge in [-0.25, -0.2) is 0 Å². The summed E-state index contributed by atoms with van der Waals surface area (Å²) in [6.07, 6.45) is 0.0914. The van der Waals surface area contributed by atoms with E-state index in [0.717, 1.165) is 0 Å². The van der Waals surface area contributed by atoms with Crippen LogP contribution in [-0.2, 0) is 16.0 Å². The molecule has 0 radical (unpaired) electrons. The molecule has 0 bridgehead atoms. The number of methoxy groups -OCH3 is 1. The van der Waals surface area contributed by atoms with Crippen LogP contribution in [0.1, 0.15) is 19.4 Å². The fraction of sp³-hybridized carbons (Fsp3) is 0.467. The minimum absolute atomic E-state index is 0.0523. The zero-order valence-electron chi connectivity index (χ0n) is 12.4. The number of carboxylic acid groups (broad SMARTS) is 1. The molecule has 0 fully saturated rings. The maximum Gasteiger partial charge on any atom is 0.308 e. The van der Waals surface area contributed by atoms with Gasteiger partial charge in [-0.05, 0) is 24.1 Å². The van der Waals surface area contributed by atoms with Gasteiger partial charge in [0, 0.05) is 17.1 Å². The van der Waals surface area contributed by atoms with Gasteiger partial charge in [0.1, 0.15) is 5.75 Å². The van der Waals surface area contributed by atoms with Crippen LogP contribution in [0.3, 0.4) is 0 Å². The Morgan fingerprint density at radius 2 is 2.05 bits per heavy atom. The Morgan fingerprint density at radius 3 is 2.57 bits per heavy atom. The molecule has 1 aromatic carbocycles. The van der Waals surface area contributed by atoms with E-state index in [4.69, 9.17) is 21.4 Å². The fourth-order valence-electron chi connectivity index (χ4n) is 1.95. The van der Waals surface area contributed by atoms with E-state index in [1.807, 2.05) is 13.8 Å². The van der Waals surface area contributed by atoms with Crippen LogP contribution >= 0.6 is 11.6 Å². The van der Waals surface area contributed by atoms with Crippen molar-refractivity contribution in [3.05, 3.63) is 28.8 Å². The minimum atomic E-state index is -0.911.